The van der Waals surface area contributed by atoms with Crippen molar-refractivity contribution in [3.63, 3.8) is 0 Å². The number of benzene rings is 1. The van der Waals surface area contributed by atoms with Gasteiger partial charge in [0.15, 0.2) is 0 Å². The summed E-state index contributed by atoms with van der Waals surface area (Å²) in [6.45, 7) is 0.470. The molecular formula is C19H18FNO3S. The molecule has 0 saturated carbocycles. The highest BCUT2D eigenvalue weighted by molar-refractivity contribution is 7.21. The molecule has 0 unspecified atom stereocenters. The molecule has 0 aliphatic rings. The molecule has 0 aliphatic carbocycles. The number of methoxy groups -OCH3 is 1. The van der Waals surface area contributed by atoms with Crippen molar-refractivity contribution in [3.8, 4) is 0 Å². The third-order valence-electron chi connectivity index (χ3n) is 3.80. The van der Waals surface area contributed by atoms with Crippen LogP contribution in [0.3, 0.4) is 0 Å². The molecule has 130 valence electrons. The van der Waals surface area contributed by atoms with Gasteiger partial charge in [-0.3, -0.25) is 4.98 Å². The van der Waals surface area contributed by atoms with Gasteiger partial charge in [0, 0.05) is 35.2 Å². The first-order chi connectivity index (χ1) is 12.2. The van der Waals surface area contributed by atoms with Crippen LogP contribution in [-0.4, -0.2) is 24.7 Å². The third-order valence-corrected chi connectivity index (χ3v) is 4.98. The van der Waals surface area contributed by atoms with Crippen molar-refractivity contribution >= 4 is 27.4 Å². The summed E-state index contributed by atoms with van der Waals surface area (Å²) in [5, 5.41) is 0.441. The molecule has 0 saturated heterocycles. The summed E-state index contributed by atoms with van der Waals surface area (Å²) >= 11 is 1.24. The van der Waals surface area contributed by atoms with Crippen LogP contribution in [-0.2, 0) is 22.5 Å². The van der Waals surface area contributed by atoms with Crippen LogP contribution in [0.25, 0.3) is 10.1 Å². The Morgan fingerprint density at radius 1 is 1.28 bits per heavy atom. The number of halogens is 1. The van der Waals surface area contributed by atoms with Gasteiger partial charge >= 0.3 is 5.97 Å². The Hall–Kier alpha value is -2.31. The molecule has 0 bridgehead atoms. The van der Waals surface area contributed by atoms with E-state index in [1.807, 2.05) is 12.1 Å². The first-order valence-corrected chi connectivity index (χ1v) is 8.77. The highest BCUT2D eigenvalue weighted by Gasteiger charge is 2.21. The average Bonchev–Trinajstić information content (AvgIpc) is 3.00. The predicted octanol–water partition coefficient (Wildman–Crippen LogP) is 4.37. The fourth-order valence-electron chi connectivity index (χ4n) is 2.67. The molecular weight excluding hydrogens is 341 g/mol. The quantitative estimate of drug-likeness (QED) is 0.464. The van der Waals surface area contributed by atoms with Gasteiger partial charge in [0.1, 0.15) is 10.7 Å². The van der Waals surface area contributed by atoms with Crippen LogP contribution in [0.4, 0.5) is 4.39 Å². The van der Waals surface area contributed by atoms with Gasteiger partial charge in [-0.25, -0.2) is 9.18 Å². The van der Waals surface area contributed by atoms with Gasteiger partial charge in [0.2, 0.25) is 0 Å². The minimum atomic E-state index is -0.432. The lowest BCUT2D eigenvalue weighted by molar-refractivity contribution is 0.0502. The Labute approximate surface area is 149 Å². The largest absolute Gasteiger partial charge is 0.461 e. The van der Waals surface area contributed by atoms with Gasteiger partial charge in [-0.2, -0.15) is 0 Å². The average molecular weight is 359 g/mol. The van der Waals surface area contributed by atoms with Crippen LogP contribution < -0.4 is 0 Å². The van der Waals surface area contributed by atoms with Crippen LogP contribution in [0, 0.1) is 5.82 Å². The van der Waals surface area contributed by atoms with E-state index in [4.69, 9.17) is 9.47 Å². The number of hydrogen-bond donors (Lipinski definition) is 0. The first kappa shape index (κ1) is 17.5. The zero-order valence-corrected chi connectivity index (χ0v) is 14.6. The van der Waals surface area contributed by atoms with E-state index in [9.17, 15) is 9.18 Å². The number of ether oxygens (including phenoxy) is 2. The number of fused-ring (bicyclic) bond motifs is 1. The summed E-state index contributed by atoms with van der Waals surface area (Å²) in [6.07, 6.45) is 5.01. The molecule has 0 radical (unpaired) electrons. The van der Waals surface area contributed by atoms with E-state index in [0.29, 0.717) is 33.6 Å². The number of rotatable bonds is 7. The molecule has 0 amide bonds. The number of thiophene rings is 1. The number of aryl methyl sites for hydroxylation is 1. The van der Waals surface area contributed by atoms with Crippen molar-refractivity contribution in [2.75, 3.05) is 13.7 Å². The lowest BCUT2D eigenvalue weighted by Gasteiger charge is -2.06. The maximum absolute atomic E-state index is 14.1. The molecule has 0 fully saturated rings. The number of nitrogens with zero attached hydrogens (tertiary/aromatic N) is 1. The monoisotopic (exact) mass is 359 g/mol. The second-order valence-electron chi connectivity index (χ2n) is 5.56. The second-order valence-corrected chi connectivity index (χ2v) is 6.61. The van der Waals surface area contributed by atoms with Crippen molar-refractivity contribution in [2.24, 2.45) is 0 Å². The number of esters is 1. The summed E-state index contributed by atoms with van der Waals surface area (Å²) in [5.41, 5.74) is 1.65. The zero-order valence-electron chi connectivity index (χ0n) is 13.8. The lowest BCUT2D eigenvalue weighted by atomic mass is 10.1. The maximum Gasteiger partial charge on any atom is 0.348 e. The van der Waals surface area contributed by atoms with Crippen LogP contribution in [0.15, 0.2) is 42.7 Å². The van der Waals surface area contributed by atoms with Crippen molar-refractivity contribution in [2.45, 2.75) is 19.4 Å². The summed E-state index contributed by atoms with van der Waals surface area (Å²) in [4.78, 5) is 16.9. The van der Waals surface area contributed by atoms with Crippen LogP contribution in [0.2, 0.25) is 0 Å². The van der Waals surface area contributed by atoms with E-state index >= 15 is 0 Å². The Bertz CT molecular complexity index is 864. The topological polar surface area (TPSA) is 48.4 Å². The van der Waals surface area contributed by atoms with Crippen molar-refractivity contribution in [1.82, 2.24) is 4.98 Å². The molecule has 3 aromatic rings. The van der Waals surface area contributed by atoms with E-state index in [1.54, 1.807) is 24.5 Å². The minimum absolute atomic E-state index is 0.168. The standard InChI is InChI=1S/C19H18FNO3S/c1-23-12-14-17-15(20)7-2-8-16(17)25-18(14)19(22)24-10-4-6-13-5-3-9-21-11-13/h2-3,5,7-9,11H,4,6,10,12H2,1H3. The van der Waals surface area contributed by atoms with E-state index in [1.165, 1.54) is 24.5 Å². The smallest absolute Gasteiger partial charge is 0.348 e. The molecule has 3 rings (SSSR count). The van der Waals surface area contributed by atoms with Crippen LogP contribution in [0.1, 0.15) is 27.2 Å². The van der Waals surface area contributed by atoms with Gasteiger partial charge in [-0.15, -0.1) is 11.3 Å². The molecule has 0 atom stereocenters. The van der Waals surface area contributed by atoms with E-state index in [0.717, 1.165) is 12.0 Å². The third kappa shape index (κ3) is 4.03. The Balaban J connectivity index is 1.69. The molecule has 6 heteroatoms. The van der Waals surface area contributed by atoms with Gasteiger partial charge in [0.05, 0.1) is 13.2 Å². The summed E-state index contributed by atoms with van der Waals surface area (Å²) in [5.74, 6) is -0.782. The Kier molecular flexibility index (Phi) is 5.73. The molecule has 25 heavy (non-hydrogen) atoms. The van der Waals surface area contributed by atoms with Gasteiger partial charge in [-0.05, 0) is 36.6 Å². The lowest BCUT2D eigenvalue weighted by Crippen LogP contribution is -2.08. The second kappa shape index (κ2) is 8.18. The van der Waals surface area contributed by atoms with Gasteiger partial charge in [-0.1, -0.05) is 12.1 Å². The highest BCUT2D eigenvalue weighted by atomic mass is 32.1. The molecule has 0 aliphatic heterocycles. The number of carbonyl (C=O) groups excluding carboxylic acids is 1. The molecule has 4 nitrogen and oxygen atoms in total. The molecule has 2 heterocycles. The zero-order chi connectivity index (χ0) is 17.6. The van der Waals surface area contributed by atoms with Gasteiger partial charge in [0.25, 0.3) is 0 Å². The SMILES string of the molecule is COCc1c(C(=O)OCCCc2cccnc2)sc2cccc(F)c12. The summed E-state index contributed by atoms with van der Waals surface area (Å²) in [6, 6.07) is 8.68. The Morgan fingerprint density at radius 3 is 2.92 bits per heavy atom. The normalized spacial score (nSPS) is 11.0. The number of hydrogen-bond acceptors (Lipinski definition) is 5. The number of aromatic nitrogens is 1. The van der Waals surface area contributed by atoms with Crippen molar-refractivity contribution in [1.29, 1.82) is 0 Å². The van der Waals surface area contributed by atoms with Gasteiger partial charge < -0.3 is 9.47 Å². The Morgan fingerprint density at radius 2 is 2.16 bits per heavy atom. The highest BCUT2D eigenvalue weighted by Crippen LogP contribution is 2.34. The van der Waals surface area contributed by atoms with E-state index < -0.39 is 5.97 Å². The number of pyridine rings is 1. The van der Waals surface area contributed by atoms with Crippen molar-refractivity contribution < 1.29 is 18.7 Å². The van der Waals surface area contributed by atoms with Crippen LogP contribution >= 0.6 is 11.3 Å². The first-order valence-electron chi connectivity index (χ1n) is 7.95. The maximum atomic E-state index is 14.1. The van der Waals surface area contributed by atoms with Crippen LogP contribution in [0.5, 0.6) is 0 Å². The molecule has 2 aromatic heterocycles. The minimum Gasteiger partial charge on any atom is -0.461 e. The fraction of sp³-hybridized carbons (Fsp3) is 0.263. The fourth-order valence-corrected chi connectivity index (χ4v) is 3.78. The molecule has 0 spiro atoms. The predicted molar refractivity (Wildman–Crippen MR) is 95.3 cm³/mol. The number of carbonyl (C=O) groups is 1. The molecule has 1 aromatic carbocycles. The summed E-state index contributed by atoms with van der Waals surface area (Å²) < 4.78 is 25.4. The van der Waals surface area contributed by atoms with E-state index in [-0.39, 0.29) is 12.4 Å². The van der Waals surface area contributed by atoms with Crippen molar-refractivity contribution in [3.05, 3.63) is 64.5 Å². The molecule has 0 N–H and O–H groups in total. The van der Waals surface area contributed by atoms with E-state index in [2.05, 4.69) is 4.98 Å². The summed E-state index contributed by atoms with van der Waals surface area (Å²) in [7, 11) is 1.52.